The zero-order valence-corrected chi connectivity index (χ0v) is 16.0. The first-order valence-electron chi connectivity index (χ1n) is 8.04. The van der Waals surface area contributed by atoms with Crippen LogP contribution >= 0.6 is 11.8 Å². The predicted octanol–water partition coefficient (Wildman–Crippen LogP) is 4.17. The number of nitrogens with one attached hydrogen (secondary N) is 1. The number of benzene rings is 2. The molecule has 5 nitrogen and oxygen atoms in total. The molecule has 138 valence electrons. The molecular weight excluding hydrogens is 350 g/mol. The molecule has 0 bridgehead atoms. The maximum Gasteiger partial charge on any atom is 0.228 e. The summed E-state index contributed by atoms with van der Waals surface area (Å²) in [5.74, 6) is 2.21. The quantitative estimate of drug-likeness (QED) is 0.528. The first-order chi connectivity index (χ1) is 12.6. The van der Waals surface area contributed by atoms with Gasteiger partial charge >= 0.3 is 0 Å². The highest BCUT2D eigenvalue weighted by Gasteiger charge is 2.15. The Morgan fingerprint density at radius 1 is 1.12 bits per heavy atom. The van der Waals surface area contributed by atoms with Crippen molar-refractivity contribution in [3.63, 3.8) is 0 Å². The van der Waals surface area contributed by atoms with Crippen LogP contribution in [0.5, 0.6) is 17.2 Å². The van der Waals surface area contributed by atoms with Gasteiger partial charge in [-0.1, -0.05) is 18.2 Å². The van der Waals surface area contributed by atoms with Crippen LogP contribution in [-0.4, -0.2) is 33.0 Å². The third-order valence-electron chi connectivity index (χ3n) is 3.61. The Hall–Kier alpha value is -2.60. The molecule has 6 heteroatoms. The summed E-state index contributed by atoms with van der Waals surface area (Å²) in [6, 6.07) is 11.3. The average molecular weight is 373 g/mol. The number of anilines is 1. The summed E-state index contributed by atoms with van der Waals surface area (Å²) in [4.78, 5) is 13.5. The first-order valence-corrected chi connectivity index (χ1v) is 9.03. The fourth-order valence-electron chi connectivity index (χ4n) is 2.46. The van der Waals surface area contributed by atoms with Gasteiger partial charge in [0.15, 0.2) is 11.5 Å². The van der Waals surface area contributed by atoms with Crippen LogP contribution in [0.1, 0.15) is 5.56 Å². The molecule has 0 fully saturated rings. The zero-order valence-electron chi connectivity index (χ0n) is 15.2. The molecule has 2 aromatic rings. The van der Waals surface area contributed by atoms with Crippen molar-refractivity contribution in [3.8, 4) is 17.2 Å². The summed E-state index contributed by atoms with van der Waals surface area (Å²) >= 11 is 1.62. The van der Waals surface area contributed by atoms with E-state index in [4.69, 9.17) is 14.2 Å². The first kappa shape index (κ1) is 19.7. The molecule has 2 aromatic carbocycles. The van der Waals surface area contributed by atoms with Crippen molar-refractivity contribution < 1.29 is 19.0 Å². The van der Waals surface area contributed by atoms with Crippen LogP contribution in [0.2, 0.25) is 0 Å². The number of hydrogen-bond acceptors (Lipinski definition) is 5. The molecular formula is C20H23NO4S. The van der Waals surface area contributed by atoms with E-state index < -0.39 is 0 Å². The molecule has 0 aliphatic heterocycles. The van der Waals surface area contributed by atoms with Gasteiger partial charge in [-0.05, 0) is 29.8 Å². The number of hydrogen-bond donors (Lipinski definition) is 1. The van der Waals surface area contributed by atoms with Gasteiger partial charge in [-0.2, -0.15) is 0 Å². The Morgan fingerprint density at radius 2 is 1.77 bits per heavy atom. The number of amides is 1. The fourth-order valence-corrected chi connectivity index (χ4v) is 3.21. The normalized spacial score (nSPS) is 10.1. The second kappa shape index (κ2) is 9.77. The standard InChI is InChI=1S/C20H23NO4S/c1-5-10-26-18-9-7-6-8-15(18)21-19(22)13-14-11-16(23-2)20(25-4)17(12-14)24-3/h5-9,11-12H,1,10,13H2,2-4H3,(H,21,22). The van der Waals surface area contributed by atoms with Gasteiger partial charge in [-0.25, -0.2) is 0 Å². The summed E-state index contributed by atoms with van der Waals surface area (Å²) in [5.41, 5.74) is 1.56. The Balaban J connectivity index is 2.17. The summed E-state index contributed by atoms with van der Waals surface area (Å²) < 4.78 is 16.0. The van der Waals surface area contributed by atoms with Gasteiger partial charge in [0, 0.05) is 10.6 Å². The number of carbonyl (C=O) groups is 1. The van der Waals surface area contributed by atoms with E-state index in [2.05, 4.69) is 11.9 Å². The Bertz CT molecular complexity index is 751. The molecule has 0 heterocycles. The van der Waals surface area contributed by atoms with Gasteiger partial charge in [-0.15, -0.1) is 18.3 Å². The van der Waals surface area contributed by atoms with Crippen LogP contribution in [0.3, 0.4) is 0 Å². The molecule has 0 radical (unpaired) electrons. The van der Waals surface area contributed by atoms with Crippen LogP contribution < -0.4 is 19.5 Å². The number of rotatable bonds is 9. The molecule has 0 aliphatic rings. The van der Waals surface area contributed by atoms with Crippen LogP contribution in [0.15, 0.2) is 53.9 Å². The second-order valence-corrected chi connectivity index (χ2v) is 6.42. The van der Waals surface area contributed by atoms with Crippen LogP contribution in [-0.2, 0) is 11.2 Å². The lowest BCUT2D eigenvalue weighted by Gasteiger charge is -2.14. The summed E-state index contributed by atoms with van der Waals surface area (Å²) in [7, 11) is 4.65. The third-order valence-corrected chi connectivity index (χ3v) is 4.68. The van der Waals surface area contributed by atoms with Crippen LogP contribution in [0.4, 0.5) is 5.69 Å². The van der Waals surface area contributed by atoms with E-state index in [9.17, 15) is 4.79 Å². The molecule has 0 saturated carbocycles. The lowest BCUT2D eigenvalue weighted by atomic mass is 10.1. The largest absolute Gasteiger partial charge is 0.493 e. The van der Waals surface area contributed by atoms with Crippen molar-refractivity contribution >= 4 is 23.4 Å². The Labute approximate surface area is 158 Å². The Morgan fingerprint density at radius 3 is 2.35 bits per heavy atom. The van der Waals surface area contributed by atoms with Crippen molar-refractivity contribution in [2.24, 2.45) is 0 Å². The number of para-hydroxylation sites is 1. The number of methoxy groups -OCH3 is 3. The minimum Gasteiger partial charge on any atom is -0.493 e. The van der Waals surface area contributed by atoms with E-state index in [1.807, 2.05) is 30.3 Å². The van der Waals surface area contributed by atoms with Crippen molar-refractivity contribution in [3.05, 3.63) is 54.6 Å². The highest BCUT2D eigenvalue weighted by molar-refractivity contribution is 7.99. The Kier molecular flexibility index (Phi) is 7.41. The molecule has 0 atom stereocenters. The monoisotopic (exact) mass is 373 g/mol. The van der Waals surface area contributed by atoms with Crippen molar-refractivity contribution in [2.75, 3.05) is 32.4 Å². The molecule has 2 rings (SSSR count). The zero-order chi connectivity index (χ0) is 18.9. The molecule has 1 N–H and O–H groups in total. The second-order valence-electron chi connectivity index (χ2n) is 5.35. The van der Waals surface area contributed by atoms with Crippen molar-refractivity contribution in [2.45, 2.75) is 11.3 Å². The van der Waals surface area contributed by atoms with E-state index in [1.54, 1.807) is 45.2 Å². The van der Waals surface area contributed by atoms with Crippen molar-refractivity contribution in [1.82, 2.24) is 0 Å². The summed E-state index contributed by atoms with van der Waals surface area (Å²) in [6.45, 7) is 3.73. The SMILES string of the molecule is C=CCSc1ccccc1NC(=O)Cc1cc(OC)c(OC)c(OC)c1. The van der Waals surface area contributed by atoms with E-state index in [-0.39, 0.29) is 12.3 Å². The number of carbonyl (C=O) groups excluding carboxylic acids is 1. The smallest absolute Gasteiger partial charge is 0.228 e. The lowest BCUT2D eigenvalue weighted by molar-refractivity contribution is -0.115. The topological polar surface area (TPSA) is 56.8 Å². The van der Waals surface area contributed by atoms with Crippen LogP contribution in [0.25, 0.3) is 0 Å². The highest BCUT2D eigenvalue weighted by atomic mass is 32.2. The van der Waals surface area contributed by atoms with Crippen molar-refractivity contribution in [1.29, 1.82) is 0 Å². The van der Waals surface area contributed by atoms with Crippen LogP contribution in [0, 0.1) is 0 Å². The maximum absolute atomic E-state index is 12.5. The minimum absolute atomic E-state index is 0.120. The van der Waals surface area contributed by atoms with Gasteiger partial charge in [0.25, 0.3) is 0 Å². The molecule has 1 amide bonds. The molecule has 0 aromatic heterocycles. The number of thioether (sulfide) groups is 1. The van der Waals surface area contributed by atoms with Gasteiger partial charge in [0.1, 0.15) is 0 Å². The predicted molar refractivity (Wildman–Crippen MR) is 106 cm³/mol. The fraction of sp³-hybridized carbons (Fsp3) is 0.250. The molecule has 26 heavy (non-hydrogen) atoms. The highest BCUT2D eigenvalue weighted by Crippen LogP contribution is 2.38. The molecule has 0 saturated heterocycles. The van der Waals surface area contributed by atoms with Gasteiger partial charge in [0.2, 0.25) is 11.7 Å². The molecule has 0 aliphatic carbocycles. The maximum atomic E-state index is 12.5. The van der Waals surface area contributed by atoms with E-state index in [0.717, 1.165) is 21.9 Å². The van der Waals surface area contributed by atoms with E-state index in [1.165, 1.54) is 0 Å². The third kappa shape index (κ3) is 4.95. The van der Waals surface area contributed by atoms with Gasteiger partial charge in [-0.3, -0.25) is 4.79 Å². The summed E-state index contributed by atoms with van der Waals surface area (Å²) in [6.07, 6.45) is 2.02. The molecule has 0 spiro atoms. The van der Waals surface area contributed by atoms with E-state index >= 15 is 0 Å². The average Bonchev–Trinajstić information content (AvgIpc) is 2.66. The summed E-state index contributed by atoms with van der Waals surface area (Å²) in [5, 5.41) is 2.96. The molecule has 0 unspecified atom stereocenters. The number of ether oxygens (including phenoxy) is 3. The van der Waals surface area contributed by atoms with Gasteiger partial charge < -0.3 is 19.5 Å². The lowest BCUT2D eigenvalue weighted by Crippen LogP contribution is -2.15. The minimum atomic E-state index is -0.120. The van der Waals surface area contributed by atoms with E-state index in [0.29, 0.717) is 17.2 Å². The van der Waals surface area contributed by atoms with Gasteiger partial charge in [0.05, 0.1) is 33.4 Å².